The molecule has 0 radical (unpaired) electrons. The van der Waals surface area contributed by atoms with Crippen molar-refractivity contribution in [3.05, 3.63) is 0 Å². The third kappa shape index (κ3) is 5.39. The summed E-state index contributed by atoms with van der Waals surface area (Å²) in [5, 5.41) is 2.98. The van der Waals surface area contributed by atoms with E-state index in [0.29, 0.717) is 0 Å². The van der Waals surface area contributed by atoms with Crippen molar-refractivity contribution in [2.75, 3.05) is 6.61 Å². The molecule has 0 aromatic carbocycles. The number of ether oxygens (including phenoxy) is 2. The standard InChI is InChI=1S/C15H27NO3/c1-15(2,3)19-14(17)16-12-6-4-5-7-13(12)18-10-11-8-9-11/h11-13H,4-10H2,1-3H3,(H,16,17). The van der Waals surface area contributed by atoms with Crippen molar-refractivity contribution in [1.82, 2.24) is 5.32 Å². The molecule has 19 heavy (non-hydrogen) atoms. The Balaban J connectivity index is 1.78. The summed E-state index contributed by atoms with van der Waals surface area (Å²) >= 11 is 0. The van der Waals surface area contributed by atoms with Crippen molar-refractivity contribution in [1.29, 1.82) is 0 Å². The van der Waals surface area contributed by atoms with Gasteiger partial charge in [-0.25, -0.2) is 4.79 Å². The van der Waals surface area contributed by atoms with Gasteiger partial charge in [0, 0.05) is 6.61 Å². The predicted molar refractivity (Wildman–Crippen MR) is 74.1 cm³/mol. The highest BCUT2D eigenvalue weighted by molar-refractivity contribution is 5.68. The number of hydrogen-bond acceptors (Lipinski definition) is 3. The molecule has 2 unspecified atom stereocenters. The number of amides is 1. The number of alkyl carbamates (subject to hydrolysis) is 1. The molecule has 2 aliphatic rings. The zero-order valence-corrected chi connectivity index (χ0v) is 12.4. The zero-order valence-electron chi connectivity index (χ0n) is 12.4. The first-order chi connectivity index (χ1) is 8.94. The van der Waals surface area contributed by atoms with Gasteiger partial charge >= 0.3 is 6.09 Å². The van der Waals surface area contributed by atoms with Crippen molar-refractivity contribution in [2.45, 2.75) is 77.0 Å². The molecule has 2 rings (SSSR count). The van der Waals surface area contributed by atoms with Crippen LogP contribution < -0.4 is 5.32 Å². The van der Waals surface area contributed by atoms with E-state index in [2.05, 4.69) is 5.32 Å². The Morgan fingerprint density at radius 2 is 1.84 bits per heavy atom. The lowest BCUT2D eigenvalue weighted by Gasteiger charge is -2.32. The lowest BCUT2D eigenvalue weighted by atomic mass is 9.92. The second-order valence-corrected chi connectivity index (χ2v) is 6.85. The molecule has 1 amide bonds. The van der Waals surface area contributed by atoms with Gasteiger partial charge in [0.2, 0.25) is 0 Å². The number of hydrogen-bond donors (Lipinski definition) is 1. The molecule has 0 aromatic rings. The van der Waals surface area contributed by atoms with E-state index in [1.165, 1.54) is 19.3 Å². The SMILES string of the molecule is CC(C)(C)OC(=O)NC1CCCCC1OCC1CC1. The van der Waals surface area contributed by atoms with Gasteiger partial charge < -0.3 is 14.8 Å². The fourth-order valence-corrected chi connectivity index (χ4v) is 2.46. The molecule has 0 bridgehead atoms. The van der Waals surface area contributed by atoms with Gasteiger partial charge in [-0.2, -0.15) is 0 Å². The minimum absolute atomic E-state index is 0.113. The normalized spacial score (nSPS) is 27.9. The summed E-state index contributed by atoms with van der Waals surface area (Å²) in [6, 6.07) is 0.113. The fourth-order valence-electron chi connectivity index (χ4n) is 2.46. The monoisotopic (exact) mass is 269 g/mol. The first kappa shape index (κ1) is 14.6. The van der Waals surface area contributed by atoms with E-state index in [0.717, 1.165) is 31.8 Å². The molecular weight excluding hydrogens is 242 g/mol. The Kier molecular flexibility index (Phi) is 4.71. The highest BCUT2D eigenvalue weighted by Crippen LogP contribution is 2.31. The average molecular weight is 269 g/mol. The molecule has 4 heteroatoms. The van der Waals surface area contributed by atoms with Crippen LogP contribution >= 0.6 is 0 Å². The molecule has 0 saturated heterocycles. The number of nitrogens with one attached hydrogen (secondary N) is 1. The van der Waals surface area contributed by atoms with Gasteiger partial charge in [-0.05, 0) is 52.4 Å². The van der Waals surface area contributed by atoms with Gasteiger partial charge in [0.15, 0.2) is 0 Å². The number of rotatable bonds is 4. The molecule has 2 fully saturated rings. The van der Waals surface area contributed by atoms with Crippen molar-refractivity contribution in [2.24, 2.45) is 5.92 Å². The van der Waals surface area contributed by atoms with E-state index < -0.39 is 5.60 Å². The third-order valence-corrected chi connectivity index (χ3v) is 3.65. The maximum atomic E-state index is 11.8. The molecular formula is C15H27NO3. The Hall–Kier alpha value is -0.770. The van der Waals surface area contributed by atoms with Crippen LogP contribution in [-0.2, 0) is 9.47 Å². The first-order valence-corrected chi connectivity index (χ1v) is 7.55. The van der Waals surface area contributed by atoms with Crippen LogP contribution in [0.15, 0.2) is 0 Å². The maximum absolute atomic E-state index is 11.8. The Morgan fingerprint density at radius 1 is 1.16 bits per heavy atom. The van der Waals surface area contributed by atoms with Crippen LogP contribution in [0.3, 0.4) is 0 Å². The van der Waals surface area contributed by atoms with Gasteiger partial charge in [0.05, 0.1) is 12.1 Å². The average Bonchev–Trinajstić information content (AvgIpc) is 3.09. The molecule has 2 aliphatic carbocycles. The minimum Gasteiger partial charge on any atom is -0.444 e. The topological polar surface area (TPSA) is 47.6 Å². The van der Waals surface area contributed by atoms with Crippen molar-refractivity contribution >= 4 is 6.09 Å². The summed E-state index contributed by atoms with van der Waals surface area (Å²) in [6.07, 6.45) is 6.85. The van der Waals surface area contributed by atoms with E-state index >= 15 is 0 Å². The number of carbonyl (C=O) groups excluding carboxylic acids is 1. The summed E-state index contributed by atoms with van der Waals surface area (Å²) in [7, 11) is 0. The summed E-state index contributed by atoms with van der Waals surface area (Å²) in [6.45, 7) is 6.51. The second kappa shape index (κ2) is 6.12. The van der Waals surface area contributed by atoms with Crippen molar-refractivity contribution < 1.29 is 14.3 Å². The van der Waals surface area contributed by atoms with E-state index in [9.17, 15) is 4.79 Å². The van der Waals surface area contributed by atoms with Crippen LogP contribution in [0.1, 0.15) is 59.3 Å². The molecule has 0 aromatic heterocycles. The first-order valence-electron chi connectivity index (χ1n) is 7.55. The number of carbonyl (C=O) groups is 1. The van der Waals surface area contributed by atoms with E-state index in [4.69, 9.17) is 9.47 Å². The maximum Gasteiger partial charge on any atom is 0.407 e. The van der Waals surface area contributed by atoms with Crippen LogP contribution in [0.4, 0.5) is 4.79 Å². The van der Waals surface area contributed by atoms with E-state index in [1.54, 1.807) is 0 Å². The molecule has 2 saturated carbocycles. The van der Waals surface area contributed by atoms with E-state index in [-0.39, 0.29) is 18.2 Å². The van der Waals surface area contributed by atoms with Crippen LogP contribution in [0, 0.1) is 5.92 Å². The molecule has 110 valence electrons. The van der Waals surface area contributed by atoms with Gasteiger partial charge in [-0.3, -0.25) is 0 Å². The fraction of sp³-hybridized carbons (Fsp3) is 0.933. The van der Waals surface area contributed by atoms with Gasteiger partial charge in [0.25, 0.3) is 0 Å². The van der Waals surface area contributed by atoms with Crippen molar-refractivity contribution in [3.8, 4) is 0 Å². The molecule has 1 N–H and O–H groups in total. The minimum atomic E-state index is -0.441. The molecule has 0 aliphatic heterocycles. The van der Waals surface area contributed by atoms with Crippen LogP contribution in [-0.4, -0.2) is 30.4 Å². The smallest absolute Gasteiger partial charge is 0.407 e. The van der Waals surface area contributed by atoms with E-state index in [1.807, 2.05) is 20.8 Å². The molecule has 2 atom stereocenters. The van der Waals surface area contributed by atoms with Gasteiger partial charge in [-0.15, -0.1) is 0 Å². The molecule has 0 heterocycles. The Bertz CT molecular complexity index is 307. The van der Waals surface area contributed by atoms with Gasteiger partial charge in [-0.1, -0.05) is 12.8 Å². The van der Waals surface area contributed by atoms with Gasteiger partial charge in [0.1, 0.15) is 5.60 Å². The van der Waals surface area contributed by atoms with Crippen LogP contribution in [0.2, 0.25) is 0 Å². The molecule has 0 spiro atoms. The third-order valence-electron chi connectivity index (χ3n) is 3.65. The quantitative estimate of drug-likeness (QED) is 0.852. The van der Waals surface area contributed by atoms with Crippen molar-refractivity contribution in [3.63, 3.8) is 0 Å². The van der Waals surface area contributed by atoms with Crippen LogP contribution in [0.25, 0.3) is 0 Å². The largest absolute Gasteiger partial charge is 0.444 e. The highest BCUT2D eigenvalue weighted by atomic mass is 16.6. The Labute approximate surface area is 116 Å². The van der Waals surface area contributed by atoms with Crippen LogP contribution in [0.5, 0.6) is 0 Å². The Morgan fingerprint density at radius 3 is 2.47 bits per heavy atom. The summed E-state index contributed by atoms with van der Waals surface area (Å²) < 4.78 is 11.3. The predicted octanol–water partition coefficient (Wildman–Crippen LogP) is 3.25. The lowest BCUT2D eigenvalue weighted by Crippen LogP contribution is -2.48. The summed E-state index contributed by atoms with van der Waals surface area (Å²) in [4.78, 5) is 11.8. The lowest BCUT2D eigenvalue weighted by molar-refractivity contribution is -0.00685. The summed E-state index contributed by atoms with van der Waals surface area (Å²) in [5.41, 5.74) is -0.441. The highest BCUT2D eigenvalue weighted by Gasteiger charge is 2.31. The summed E-state index contributed by atoms with van der Waals surface area (Å²) in [5.74, 6) is 0.768. The molecule has 4 nitrogen and oxygen atoms in total. The zero-order chi connectivity index (χ0) is 13.9. The second-order valence-electron chi connectivity index (χ2n) is 6.85.